The van der Waals surface area contributed by atoms with Crippen LogP contribution >= 0.6 is 0 Å². The van der Waals surface area contributed by atoms with Crippen LogP contribution in [0.4, 0.5) is 0 Å². The third-order valence-electron chi connectivity index (χ3n) is 2.28. The molecular formula is C13H26N2O3. The number of carbonyl (C=O) groups is 2. The minimum absolute atomic E-state index is 0.127. The van der Waals surface area contributed by atoms with Crippen molar-refractivity contribution in [3.05, 3.63) is 0 Å². The van der Waals surface area contributed by atoms with Crippen LogP contribution in [0.3, 0.4) is 0 Å². The Morgan fingerprint density at radius 2 is 1.89 bits per heavy atom. The molecule has 18 heavy (non-hydrogen) atoms. The predicted molar refractivity (Wildman–Crippen MR) is 71.0 cm³/mol. The number of nitrogens with two attached hydrogens (primary N) is 1. The van der Waals surface area contributed by atoms with Gasteiger partial charge in [-0.3, -0.25) is 9.59 Å². The maximum Gasteiger partial charge on any atom is 0.325 e. The summed E-state index contributed by atoms with van der Waals surface area (Å²) in [6.07, 6.45) is 3.73. The highest BCUT2D eigenvalue weighted by Crippen LogP contribution is 2.06. The average molecular weight is 258 g/mol. The molecule has 0 saturated carbocycles. The Balaban J connectivity index is 3.85. The fourth-order valence-corrected chi connectivity index (χ4v) is 1.41. The lowest BCUT2D eigenvalue weighted by Crippen LogP contribution is -2.43. The van der Waals surface area contributed by atoms with Crippen molar-refractivity contribution in [3.8, 4) is 0 Å². The van der Waals surface area contributed by atoms with E-state index in [-0.39, 0.29) is 12.5 Å². The summed E-state index contributed by atoms with van der Waals surface area (Å²) in [4.78, 5) is 22.9. The van der Waals surface area contributed by atoms with Crippen LogP contribution in [0.2, 0.25) is 0 Å². The summed E-state index contributed by atoms with van der Waals surface area (Å²) < 4.78 is 5.07. The summed E-state index contributed by atoms with van der Waals surface area (Å²) in [7, 11) is 0. The number of hydrogen-bond donors (Lipinski definition) is 2. The molecule has 0 spiro atoms. The second-order valence-corrected chi connectivity index (χ2v) is 5.41. The van der Waals surface area contributed by atoms with Gasteiger partial charge in [-0.15, -0.1) is 0 Å². The third kappa shape index (κ3) is 8.98. The van der Waals surface area contributed by atoms with Crippen molar-refractivity contribution in [1.29, 1.82) is 0 Å². The van der Waals surface area contributed by atoms with Gasteiger partial charge in [-0.1, -0.05) is 26.2 Å². The van der Waals surface area contributed by atoms with Gasteiger partial charge in [0.15, 0.2) is 0 Å². The highest BCUT2D eigenvalue weighted by molar-refractivity contribution is 5.85. The lowest BCUT2D eigenvalue weighted by atomic mass is 10.1. The van der Waals surface area contributed by atoms with Crippen molar-refractivity contribution in [2.24, 2.45) is 5.73 Å². The lowest BCUT2D eigenvalue weighted by Gasteiger charge is -2.20. The van der Waals surface area contributed by atoms with Crippen molar-refractivity contribution < 1.29 is 14.3 Å². The topological polar surface area (TPSA) is 81.4 Å². The molecule has 0 rings (SSSR count). The van der Waals surface area contributed by atoms with Gasteiger partial charge in [-0.2, -0.15) is 0 Å². The van der Waals surface area contributed by atoms with Gasteiger partial charge in [0.05, 0.1) is 6.04 Å². The van der Waals surface area contributed by atoms with E-state index in [1.54, 1.807) is 20.8 Å². The van der Waals surface area contributed by atoms with Crippen LogP contribution in [0.25, 0.3) is 0 Å². The highest BCUT2D eigenvalue weighted by atomic mass is 16.6. The number of ether oxygens (including phenoxy) is 1. The normalized spacial score (nSPS) is 12.9. The van der Waals surface area contributed by atoms with E-state index in [2.05, 4.69) is 12.2 Å². The molecule has 1 unspecified atom stereocenters. The third-order valence-corrected chi connectivity index (χ3v) is 2.28. The SMILES string of the molecule is CCCCCC(N)C(=O)NCC(=O)OC(C)(C)C. The first-order chi connectivity index (χ1) is 8.26. The molecule has 1 atom stereocenters. The van der Waals surface area contributed by atoms with Crippen LogP contribution in [0, 0.1) is 0 Å². The number of rotatable bonds is 7. The molecule has 0 aromatic heterocycles. The molecular weight excluding hydrogens is 232 g/mol. The first-order valence-electron chi connectivity index (χ1n) is 6.51. The van der Waals surface area contributed by atoms with Crippen LogP contribution in [-0.2, 0) is 14.3 Å². The summed E-state index contributed by atoms with van der Waals surface area (Å²) in [5.74, 6) is -0.742. The van der Waals surface area contributed by atoms with E-state index in [9.17, 15) is 9.59 Å². The van der Waals surface area contributed by atoms with Gasteiger partial charge in [0, 0.05) is 0 Å². The second-order valence-electron chi connectivity index (χ2n) is 5.41. The molecule has 0 aliphatic carbocycles. The maximum absolute atomic E-state index is 11.6. The zero-order chi connectivity index (χ0) is 14.2. The Kier molecular flexibility index (Phi) is 7.59. The fourth-order valence-electron chi connectivity index (χ4n) is 1.41. The Hall–Kier alpha value is -1.10. The first kappa shape index (κ1) is 16.9. The molecule has 5 nitrogen and oxygen atoms in total. The van der Waals surface area contributed by atoms with Gasteiger partial charge in [-0.05, 0) is 27.2 Å². The highest BCUT2D eigenvalue weighted by Gasteiger charge is 2.18. The predicted octanol–water partition coefficient (Wildman–Crippen LogP) is 1.35. The zero-order valence-electron chi connectivity index (χ0n) is 11.9. The van der Waals surface area contributed by atoms with Gasteiger partial charge < -0.3 is 15.8 Å². The van der Waals surface area contributed by atoms with Crippen LogP contribution in [-0.4, -0.2) is 30.1 Å². The van der Waals surface area contributed by atoms with E-state index in [0.717, 1.165) is 19.3 Å². The van der Waals surface area contributed by atoms with Gasteiger partial charge in [0.2, 0.25) is 5.91 Å². The molecule has 0 saturated heterocycles. The van der Waals surface area contributed by atoms with Crippen LogP contribution < -0.4 is 11.1 Å². The number of carbonyl (C=O) groups excluding carboxylic acids is 2. The first-order valence-corrected chi connectivity index (χ1v) is 6.51. The van der Waals surface area contributed by atoms with E-state index >= 15 is 0 Å². The smallest absolute Gasteiger partial charge is 0.325 e. The van der Waals surface area contributed by atoms with Crippen LogP contribution in [0.5, 0.6) is 0 Å². The van der Waals surface area contributed by atoms with Crippen LogP contribution in [0.1, 0.15) is 53.4 Å². The molecule has 0 aromatic carbocycles. The quantitative estimate of drug-likeness (QED) is 0.533. The van der Waals surface area contributed by atoms with Crippen molar-refractivity contribution in [2.45, 2.75) is 65.0 Å². The Labute approximate surface area is 109 Å². The molecule has 1 amide bonds. The molecule has 0 aromatic rings. The van der Waals surface area contributed by atoms with Crippen molar-refractivity contribution >= 4 is 11.9 Å². The summed E-state index contributed by atoms with van der Waals surface area (Å²) >= 11 is 0. The van der Waals surface area contributed by atoms with Crippen molar-refractivity contribution in [2.75, 3.05) is 6.54 Å². The van der Waals surface area contributed by atoms with Crippen molar-refractivity contribution in [1.82, 2.24) is 5.32 Å². The minimum Gasteiger partial charge on any atom is -0.459 e. The summed E-state index contributed by atoms with van der Waals surface area (Å²) in [5.41, 5.74) is 5.17. The number of amides is 1. The standard InChI is InChI=1S/C13H26N2O3/c1-5-6-7-8-10(14)12(17)15-9-11(16)18-13(2,3)4/h10H,5-9,14H2,1-4H3,(H,15,17). The Morgan fingerprint density at radius 3 is 2.39 bits per heavy atom. The molecule has 0 fully saturated rings. The van der Waals surface area contributed by atoms with Gasteiger partial charge >= 0.3 is 5.97 Å². The summed E-state index contributed by atoms with van der Waals surface area (Å²) in [6.45, 7) is 7.31. The maximum atomic E-state index is 11.6. The van der Waals surface area contributed by atoms with Crippen LogP contribution in [0.15, 0.2) is 0 Å². The van der Waals surface area contributed by atoms with Crippen molar-refractivity contribution in [3.63, 3.8) is 0 Å². The summed E-state index contributed by atoms with van der Waals surface area (Å²) in [6, 6.07) is -0.543. The zero-order valence-corrected chi connectivity index (χ0v) is 11.9. The number of unbranched alkanes of at least 4 members (excludes halogenated alkanes) is 2. The second kappa shape index (κ2) is 8.08. The Morgan fingerprint density at radius 1 is 1.28 bits per heavy atom. The molecule has 106 valence electrons. The molecule has 3 N–H and O–H groups in total. The Bertz CT molecular complexity index is 272. The summed E-state index contributed by atoms with van der Waals surface area (Å²) in [5, 5.41) is 2.49. The largest absolute Gasteiger partial charge is 0.459 e. The average Bonchev–Trinajstić information content (AvgIpc) is 2.23. The molecule has 0 heterocycles. The molecule has 0 bridgehead atoms. The van der Waals surface area contributed by atoms with E-state index in [1.807, 2.05) is 0 Å². The van der Waals surface area contributed by atoms with E-state index < -0.39 is 17.6 Å². The van der Waals surface area contributed by atoms with Gasteiger partial charge in [0.1, 0.15) is 12.1 Å². The number of nitrogens with one attached hydrogen (secondary N) is 1. The van der Waals surface area contributed by atoms with Gasteiger partial charge in [0.25, 0.3) is 0 Å². The molecule has 5 heteroatoms. The monoisotopic (exact) mass is 258 g/mol. The number of hydrogen-bond acceptors (Lipinski definition) is 4. The molecule has 0 radical (unpaired) electrons. The van der Waals surface area contributed by atoms with E-state index in [0.29, 0.717) is 6.42 Å². The fraction of sp³-hybridized carbons (Fsp3) is 0.846. The van der Waals surface area contributed by atoms with Gasteiger partial charge in [-0.25, -0.2) is 0 Å². The minimum atomic E-state index is -0.543. The van der Waals surface area contributed by atoms with E-state index in [1.165, 1.54) is 0 Å². The lowest BCUT2D eigenvalue weighted by molar-refractivity contribution is -0.154. The number of esters is 1. The molecule has 0 aliphatic rings. The van der Waals surface area contributed by atoms with E-state index in [4.69, 9.17) is 10.5 Å². The molecule has 0 aliphatic heterocycles.